The molecule has 0 heterocycles. The van der Waals surface area contributed by atoms with Crippen LogP contribution in [0.5, 0.6) is 0 Å². The van der Waals surface area contributed by atoms with Crippen molar-refractivity contribution in [2.75, 3.05) is 0 Å². The van der Waals surface area contributed by atoms with Crippen molar-refractivity contribution in [3.8, 4) is 0 Å². The number of hydrogen-bond donors (Lipinski definition) is 1. The Labute approximate surface area is 90.6 Å². The average molecular weight is 216 g/mol. The van der Waals surface area contributed by atoms with Crippen LogP contribution in [0, 0.1) is 11.8 Å². The van der Waals surface area contributed by atoms with Gasteiger partial charge in [-0.2, -0.15) is 0 Å². The van der Waals surface area contributed by atoms with Crippen molar-refractivity contribution in [3.05, 3.63) is 0 Å². The Kier molecular flexibility index (Phi) is 4.78. The van der Waals surface area contributed by atoms with Crippen molar-refractivity contribution in [2.24, 2.45) is 11.8 Å². The normalized spacial score (nSPS) is 13.7. The average Bonchev–Trinajstić information content (AvgIpc) is 2.01. The van der Waals surface area contributed by atoms with Crippen molar-refractivity contribution in [3.63, 3.8) is 0 Å². The van der Waals surface area contributed by atoms with Gasteiger partial charge >= 0.3 is 11.9 Å². The molecule has 0 aromatic rings. The van der Waals surface area contributed by atoms with Gasteiger partial charge in [-0.3, -0.25) is 4.79 Å². The van der Waals surface area contributed by atoms with Crippen molar-refractivity contribution < 1.29 is 19.4 Å². The minimum atomic E-state index is -1.44. The maximum atomic E-state index is 11.5. The van der Waals surface area contributed by atoms with Gasteiger partial charge in [0.05, 0.1) is 5.92 Å². The molecule has 0 spiro atoms. The SMILES string of the molecule is CC(C)CC(C)C(=O)OC(C)(C)C(=O)O. The lowest BCUT2D eigenvalue weighted by atomic mass is 9.99. The second-order valence-electron chi connectivity index (χ2n) is 4.77. The number of esters is 1. The highest BCUT2D eigenvalue weighted by Gasteiger charge is 2.33. The van der Waals surface area contributed by atoms with E-state index >= 15 is 0 Å². The molecule has 4 nitrogen and oxygen atoms in total. The molecule has 0 saturated heterocycles. The number of hydrogen-bond acceptors (Lipinski definition) is 3. The van der Waals surface area contributed by atoms with E-state index in [1.54, 1.807) is 6.92 Å². The number of carbonyl (C=O) groups excluding carboxylic acids is 1. The van der Waals surface area contributed by atoms with Crippen LogP contribution in [0.15, 0.2) is 0 Å². The predicted molar refractivity (Wildman–Crippen MR) is 56.4 cm³/mol. The van der Waals surface area contributed by atoms with Gasteiger partial charge in [0.15, 0.2) is 0 Å². The number of ether oxygens (including phenoxy) is 1. The molecule has 1 atom stereocenters. The van der Waals surface area contributed by atoms with Gasteiger partial charge in [0.1, 0.15) is 0 Å². The number of carboxylic acid groups (broad SMARTS) is 1. The van der Waals surface area contributed by atoms with E-state index in [2.05, 4.69) is 0 Å². The van der Waals surface area contributed by atoms with Gasteiger partial charge in [0.25, 0.3) is 0 Å². The van der Waals surface area contributed by atoms with Crippen LogP contribution in [0.25, 0.3) is 0 Å². The molecule has 1 unspecified atom stereocenters. The van der Waals surface area contributed by atoms with Crippen molar-refractivity contribution in [1.29, 1.82) is 0 Å². The zero-order chi connectivity index (χ0) is 12.2. The van der Waals surface area contributed by atoms with Crippen LogP contribution in [0.1, 0.15) is 41.0 Å². The zero-order valence-corrected chi connectivity index (χ0v) is 10.0. The van der Waals surface area contributed by atoms with Crippen molar-refractivity contribution in [1.82, 2.24) is 0 Å². The first kappa shape index (κ1) is 13.9. The third kappa shape index (κ3) is 4.81. The van der Waals surface area contributed by atoms with Gasteiger partial charge in [0, 0.05) is 0 Å². The predicted octanol–water partition coefficient (Wildman–Crippen LogP) is 2.07. The van der Waals surface area contributed by atoms with Gasteiger partial charge in [0.2, 0.25) is 5.60 Å². The van der Waals surface area contributed by atoms with Crippen molar-refractivity contribution in [2.45, 2.75) is 46.6 Å². The summed E-state index contributed by atoms with van der Waals surface area (Å²) in [6.45, 7) is 8.50. The molecule has 1 N–H and O–H groups in total. The standard InChI is InChI=1S/C11H20O4/c1-7(2)6-8(3)9(12)15-11(4,5)10(13)14/h7-8H,6H2,1-5H3,(H,13,14). The molecule has 0 aromatic carbocycles. The highest BCUT2D eigenvalue weighted by molar-refractivity contribution is 5.81. The van der Waals surface area contributed by atoms with Gasteiger partial charge in [-0.25, -0.2) is 4.79 Å². The molecule has 0 radical (unpaired) electrons. The summed E-state index contributed by atoms with van der Waals surface area (Å²) in [6.07, 6.45) is 0.703. The van der Waals surface area contributed by atoms with E-state index in [4.69, 9.17) is 9.84 Å². The Hall–Kier alpha value is -1.06. The highest BCUT2D eigenvalue weighted by Crippen LogP contribution is 2.17. The van der Waals surface area contributed by atoms with E-state index in [1.807, 2.05) is 13.8 Å². The molecular formula is C11H20O4. The fraction of sp³-hybridized carbons (Fsp3) is 0.818. The Morgan fingerprint density at radius 3 is 2.07 bits per heavy atom. The highest BCUT2D eigenvalue weighted by atomic mass is 16.6. The minimum Gasteiger partial charge on any atom is -0.478 e. The van der Waals surface area contributed by atoms with Crippen LogP contribution >= 0.6 is 0 Å². The summed E-state index contributed by atoms with van der Waals surface area (Å²) in [5.41, 5.74) is -1.44. The fourth-order valence-corrected chi connectivity index (χ4v) is 1.20. The molecule has 0 bridgehead atoms. The Balaban J connectivity index is 4.30. The van der Waals surface area contributed by atoms with Crippen LogP contribution < -0.4 is 0 Å². The lowest BCUT2D eigenvalue weighted by molar-refractivity contribution is -0.177. The summed E-state index contributed by atoms with van der Waals surface area (Å²) in [6, 6.07) is 0. The fourth-order valence-electron chi connectivity index (χ4n) is 1.20. The van der Waals surface area contributed by atoms with E-state index in [-0.39, 0.29) is 5.92 Å². The Morgan fingerprint density at radius 1 is 1.27 bits per heavy atom. The maximum Gasteiger partial charge on any atom is 0.347 e. The van der Waals surface area contributed by atoms with E-state index in [0.717, 1.165) is 0 Å². The first-order chi connectivity index (χ1) is 6.66. The second kappa shape index (κ2) is 5.14. The monoisotopic (exact) mass is 216 g/mol. The van der Waals surface area contributed by atoms with E-state index in [0.29, 0.717) is 12.3 Å². The van der Waals surface area contributed by atoms with Crippen LogP contribution in [-0.4, -0.2) is 22.6 Å². The molecule has 0 aliphatic carbocycles. The lowest BCUT2D eigenvalue weighted by Gasteiger charge is -2.22. The largest absolute Gasteiger partial charge is 0.478 e. The molecule has 0 saturated carbocycles. The van der Waals surface area contributed by atoms with Gasteiger partial charge in [-0.05, 0) is 26.2 Å². The molecule has 0 aromatic heterocycles. The third-order valence-corrected chi connectivity index (χ3v) is 2.10. The van der Waals surface area contributed by atoms with E-state index in [9.17, 15) is 9.59 Å². The Bertz CT molecular complexity index is 243. The minimum absolute atomic E-state index is 0.261. The van der Waals surface area contributed by atoms with Crippen molar-refractivity contribution >= 4 is 11.9 Å². The molecule has 0 aliphatic rings. The summed E-state index contributed by atoms with van der Waals surface area (Å²) in [5.74, 6) is -1.45. The van der Waals surface area contributed by atoms with E-state index < -0.39 is 17.5 Å². The smallest absolute Gasteiger partial charge is 0.347 e. The molecule has 88 valence electrons. The molecule has 15 heavy (non-hydrogen) atoms. The molecular weight excluding hydrogens is 196 g/mol. The van der Waals surface area contributed by atoms with Gasteiger partial charge in [-0.15, -0.1) is 0 Å². The quantitative estimate of drug-likeness (QED) is 0.714. The van der Waals surface area contributed by atoms with Crippen LogP contribution in [-0.2, 0) is 14.3 Å². The summed E-state index contributed by atoms with van der Waals surface area (Å²) in [5, 5.41) is 8.78. The third-order valence-electron chi connectivity index (χ3n) is 2.10. The van der Waals surface area contributed by atoms with Gasteiger partial charge in [-0.1, -0.05) is 20.8 Å². The van der Waals surface area contributed by atoms with Gasteiger partial charge < -0.3 is 9.84 Å². The molecule has 0 fully saturated rings. The number of rotatable bonds is 5. The van der Waals surface area contributed by atoms with Crippen LogP contribution in [0.4, 0.5) is 0 Å². The molecule has 0 rings (SSSR count). The topological polar surface area (TPSA) is 63.6 Å². The summed E-state index contributed by atoms with van der Waals surface area (Å²) in [4.78, 5) is 22.2. The molecule has 4 heteroatoms. The maximum absolute atomic E-state index is 11.5. The second-order valence-corrected chi connectivity index (χ2v) is 4.77. The van der Waals surface area contributed by atoms with Crippen LogP contribution in [0.2, 0.25) is 0 Å². The summed E-state index contributed by atoms with van der Waals surface area (Å²) < 4.78 is 4.92. The number of carbonyl (C=O) groups is 2. The first-order valence-corrected chi connectivity index (χ1v) is 5.13. The Morgan fingerprint density at radius 2 is 1.73 bits per heavy atom. The lowest BCUT2D eigenvalue weighted by Crippen LogP contribution is -2.38. The summed E-state index contributed by atoms with van der Waals surface area (Å²) in [7, 11) is 0. The summed E-state index contributed by atoms with van der Waals surface area (Å²) >= 11 is 0. The molecule has 0 aliphatic heterocycles. The van der Waals surface area contributed by atoms with Crippen LogP contribution in [0.3, 0.4) is 0 Å². The van der Waals surface area contributed by atoms with E-state index in [1.165, 1.54) is 13.8 Å². The zero-order valence-electron chi connectivity index (χ0n) is 10.0. The first-order valence-electron chi connectivity index (χ1n) is 5.13. The number of aliphatic carboxylic acids is 1. The number of carboxylic acids is 1. The molecule has 0 amide bonds.